The van der Waals surface area contributed by atoms with Gasteiger partial charge in [0.2, 0.25) is 0 Å². The molecular formula is C28H23ClFN3O5. The average Bonchev–Trinajstić information content (AvgIpc) is 3.13. The molecule has 8 nitrogen and oxygen atoms in total. The molecule has 2 N–H and O–H groups in total. The van der Waals surface area contributed by atoms with Gasteiger partial charge in [0, 0.05) is 16.9 Å². The number of anilines is 3. The second-order valence-electron chi connectivity index (χ2n) is 8.34. The molecule has 0 spiro atoms. The maximum absolute atomic E-state index is 13.1. The summed E-state index contributed by atoms with van der Waals surface area (Å²) in [6.07, 6.45) is 1.60. The van der Waals surface area contributed by atoms with Gasteiger partial charge >= 0.3 is 5.97 Å². The number of imide groups is 1. The van der Waals surface area contributed by atoms with Gasteiger partial charge < -0.3 is 15.4 Å². The van der Waals surface area contributed by atoms with Gasteiger partial charge in [-0.05, 0) is 73.2 Å². The van der Waals surface area contributed by atoms with Gasteiger partial charge in [-0.25, -0.2) is 14.1 Å². The van der Waals surface area contributed by atoms with Gasteiger partial charge in [-0.3, -0.25) is 14.4 Å². The molecule has 194 valence electrons. The highest BCUT2D eigenvalue weighted by atomic mass is 35.5. The van der Waals surface area contributed by atoms with E-state index in [2.05, 4.69) is 10.6 Å². The van der Waals surface area contributed by atoms with E-state index in [-0.39, 0.29) is 28.6 Å². The Kier molecular flexibility index (Phi) is 8.18. The van der Waals surface area contributed by atoms with Gasteiger partial charge in [0.15, 0.2) is 0 Å². The minimum atomic E-state index is -0.744. The van der Waals surface area contributed by atoms with Crippen molar-refractivity contribution in [3.63, 3.8) is 0 Å². The fourth-order valence-corrected chi connectivity index (χ4v) is 3.81. The van der Waals surface area contributed by atoms with E-state index in [1.54, 1.807) is 18.2 Å². The van der Waals surface area contributed by atoms with E-state index in [0.717, 1.165) is 17.7 Å². The number of rotatable bonds is 9. The summed E-state index contributed by atoms with van der Waals surface area (Å²) in [5.74, 6) is -2.82. The average molecular weight is 536 g/mol. The molecular weight excluding hydrogens is 513 g/mol. The Morgan fingerprint density at radius 3 is 2.29 bits per heavy atom. The number of halogens is 2. The van der Waals surface area contributed by atoms with E-state index in [9.17, 15) is 23.6 Å². The Morgan fingerprint density at radius 2 is 1.61 bits per heavy atom. The van der Waals surface area contributed by atoms with E-state index in [1.807, 2.05) is 6.92 Å². The minimum absolute atomic E-state index is 0.142. The topological polar surface area (TPSA) is 105 Å². The summed E-state index contributed by atoms with van der Waals surface area (Å²) < 4.78 is 18.3. The van der Waals surface area contributed by atoms with Crippen LogP contribution in [0.15, 0.2) is 83.5 Å². The molecule has 1 heterocycles. The van der Waals surface area contributed by atoms with Gasteiger partial charge in [0.1, 0.15) is 16.5 Å². The third-order valence-electron chi connectivity index (χ3n) is 5.62. The zero-order valence-electron chi connectivity index (χ0n) is 20.3. The number of esters is 1. The minimum Gasteiger partial charge on any atom is -0.462 e. The van der Waals surface area contributed by atoms with Crippen LogP contribution in [0.5, 0.6) is 0 Å². The molecule has 1 aliphatic rings. The van der Waals surface area contributed by atoms with Crippen LogP contribution in [0.4, 0.5) is 21.5 Å². The van der Waals surface area contributed by atoms with Crippen molar-refractivity contribution in [1.29, 1.82) is 0 Å². The largest absolute Gasteiger partial charge is 0.462 e. The van der Waals surface area contributed by atoms with Crippen LogP contribution in [0.1, 0.15) is 40.5 Å². The Labute approximate surface area is 223 Å². The summed E-state index contributed by atoms with van der Waals surface area (Å²) in [4.78, 5) is 51.6. The number of ether oxygens (including phenoxy) is 1. The molecule has 0 fully saturated rings. The zero-order chi connectivity index (χ0) is 27.2. The van der Waals surface area contributed by atoms with Crippen LogP contribution < -0.4 is 15.5 Å². The lowest BCUT2D eigenvalue weighted by Crippen LogP contribution is -2.32. The normalized spacial score (nSPS) is 13.1. The molecule has 10 heteroatoms. The first-order chi connectivity index (χ1) is 18.3. The van der Waals surface area contributed by atoms with Crippen molar-refractivity contribution in [3.8, 4) is 0 Å². The molecule has 0 aliphatic carbocycles. The predicted molar refractivity (Wildman–Crippen MR) is 141 cm³/mol. The molecule has 0 saturated carbocycles. The van der Waals surface area contributed by atoms with Crippen molar-refractivity contribution in [2.45, 2.75) is 19.8 Å². The molecule has 0 unspecified atom stereocenters. The van der Waals surface area contributed by atoms with Gasteiger partial charge in [-0.15, -0.1) is 0 Å². The molecule has 0 bridgehead atoms. The van der Waals surface area contributed by atoms with Crippen molar-refractivity contribution in [3.05, 3.63) is 100 Å². The first kappa shape index (κ1) is 26.6. The van der Waals surface area contributed by atoms with Gasteiger partial charge in [0.25, 0.3) is 17.7 Å². The molecule has 0 atom stereocenters. The van der Waals surface area contributed by atoms with Gasteiger partial charge in [-0.1, -0.05) is 31.0 Å². The van der Waals surface area contributed by atoms with Gasteiger partial charge in [0.05, 0.1) is 17.9 Å². The first-order valence-electron chi connectivity index (χ1n) is 11.8. The Morgan fingerprint density at radius 1 is 0.921 bits per heavy atom. The number of carbonyl (C=O) groups is 4. The van der Waals surface area contributed by atoms with Crippen LogP contribution in [-0.2, 0) is 14.3 Å². The Hall–Kier alpha value is -4.50. The quantitative estimate of drug-likeness (QED) is 0.214. The van der Waals surface area contributed by atoms with E-state index in [0.29, 0.717) is 16.9 Å². The molecule has 3 aromatic carbocycles. The van der Waals surface area contributed by atoms with E-state index < -0.39 is 29.5 Å². The third kappa shape index (κ3) is 5.90. The standard InChI is InChI=1S/C28H23ClFN3O5/c1-2-3-15-38-28(37)18-5-4-6-22(16-18)33-26(35)23(29)24(27(33)36)31-20-11-7-17(8-12-20)25(34)32-21-13-9-19(30)10-14-21/h4-14,16,31H,2-3,15H2,1H3,(H,32,34). The highest BCUT2D eigenvalue weighted by Gasteiger charge is 2.39. The highest BCUT2D eigenvalue weighted by Crippen LogP contribution is 2.31. The molecule has 4 rings (SSSR count). The predicted octanol–water partition coefficient (Wildman–Crippen LogP) is 5.47. The Balaban J connectivity index is 1.45. The fourth-order valence-electron chi connectivity index (χ4n) is 3.60. The van der Waals surface area contributed by atoms with Crippen molar-refractivity contribution >= 4 is 52.4 Å². The maximum Gasteiger partial charge on any atom is 0.338 e. The van der Waals surface area contributed by atoms with Crippen molar-refractivity contribution in [2.24, 2.45) is 0 Å². The SMILES string of the molecule is CCCCOC(=O)c1cccc(N2C(=O)C(Cl)=C(Nc3ccc(C(=O)Nc4ccc(F)cc4)cc3)C2=O)c1. The summed E-state index contributed by atoms with van der Waals surface area (Å²) in [6.45, 7) is 2.25. The molecule has 1 aliphatic heterocycles. The molecule has 0 radical (unpaired) electrons. The van der Waals surface area contributed by atoms with Crippen LogP contribution in [0.3, 0.4) is 0 Å². The van der Waals surface area contributed by atoms with E-state index in [4.69, 9.17) is 16.3 Å². The second-order valence-corrected chi connectivity index (χ2v) is 8.72. The smallest absolute Gasteiger partial charge is 0.338 e. The number of unbranched alkanes of at least 4 members (excludes halogenated alkanes) is 1. The van der Waals surface area contributed by atoms with Crippen LogP contribution in [0.2, 0.25) is 0 Å². The third-order valence-corrected chi connectivity index (χ3v) is 5.97. The number of carbonyl (C=O) groups excluding carboxylic acids is 4. The first-order valence-corrected chi connectivity index (χ1v) is 12.2. The summed E-state index contributed by atoms with van der Waals surface area (Å²) in [6, 6.07) is 17.5. The summed E-state index contributed by atoms with van der Waals surface area (Å²) in [7, 11) is 0. The zero-order valence-corrected chi connectivity index (χ0v) is 21.0. The Bertz CT molecular complexity index is 1420. The molecule has 3 aromatic rings. The van der Waals surface area contributed by atoms with Gasteiger partial charge in [-0.2, -0.15) is 0 Å². The molecule has 0 saturated heterocycles. The number of nitrogens with one attached hydrogen (secondary N) is 2. The number of hydrogen-bond donors (Lipinski definition) is 2. The number of nitrogens with zero attached hydrogens (tertiary/aromatic N) is 1. The van der Waals surface area contributed by atoms with Crippen LogP contribution >= 0.6 is 11.6 Å². The lowest BCUT2D eigenvalue weighted by molar-refractivity contribution is -0.120. The van der Waals surface area contributed by atoms with E-state index >= 15 is 0 Å². The molecule has 38 heavy (non-hydrogen) atoms. The lowest BCUT2D eigenvalue weighted by Gasteiger charge is -2.16. The summed E-state index contributed by atoms with van der Waals surface area (Å²) in [5.41, 5.74) is 1.39. The molecule has 0 aromatic heterocycles. The maximum atomic E-state index is 13.1. The summed E-state index contributed by atoms with van der Waals surface area (Å²) in [5, 5.41) is 5.17. The highest BCUT2D eigenvalue weighted by molar-refractivity contribution is 6.53. The number of amides is 3. The second kappa shape index (κ2) is 11.7. The van der Waals surface area contributed by atoms with Crippen molar-refractivity contribution < 1.29 is 28.3 Å². The van der Waals surface area contributed by atoms with Crippen molar-refractivity contribution in [2.75, 3.05) is 22.1 Å². The fraction of sp³-hybridized carbons (Fsp3) is 0.143. The van der Waals surface area contributed by atoms with Crippen molar-refractivity contribution in [1.82, 2.24) is 0 Å². The number of benzene rings is 3. The number of hydrogen-bond acceptors (Lipinski definition) is 6. The van der Waals surface area contributed by atoms with Crippen LogP contribution in [0, 0.1) is 5.82 Å². The monoisotopic (exact) mass is 535 g/mol. The lowest BCUT2D eigenvalue weighted by atomic mass is 10.1. The van der Waals surface area contributed by atoms with Crippen LogP contribution in [0.25, 0.3) is 0 Å². The molecule has 3 amide bonds. The van der Waals surface area contributed by atoms with Crippen LogP contribution in [-0.4, -0.2) is 30.3 Å². The summed E-state index contributed by atoms with van der Waals surface area (Å²) >= 11 is 6.21. The van der Waals surface area contributed by atoms with E-state index in [1.165, 1.54) is 54.6 Å².